The van der Waals surface area contributed by atoms with Gasteiger partial charge in [-0.3, -0.25) is 0 Å². The van der Waals surface area contributed by atoms with Gasteiger partial charge in [-0.2, -0.15) is 0 Å². The first-order valence-corrected chi connectivity index (χ1v) is 3.31. The SMILES string of the molecule is CO[C@@H]1OC[C@H](F)[C@H](O)[C@H]1O. The summed E-state index contributed by atoms with van der Waals surface area (Å²) in [5.74, 6) is 0. The van der Waals surface area contributed by atoms with Gasteiger partial charge < -0.3 is 19.7 Å². The maximum Gasteiger partial charge on any atom is 0.185 e. The fraction of sp³-hybridized carbons (Fsp3) is 1.00. The standard InChI is InChI=1S/C6H11FO4/c1-10-6-5(9)4(8)3(7)2-11-6/h3-6,8-9H,2H2,1H3/t3-,4-,5+,6+/m0/s1. The zero-order valence-electron chi connectivity index (χ0n) is 6.11. The molecule has 11 heavy (non-hydrogen) atoms. The minimum absolute atomic E-state index is 0.239. The van der Waals surface area contributed by atoms with Crippen molar-refractivity contribution in [2.75, 3.05) is 13.7 Å². The molecule has 0 saturated carbocycles. The van der Waals surface area contributed by atoms with Crippen LogP contribution in [0.25, 0.3) is 0 Å². The molecule has 0 aliphatic carbocycles. The third-order valence-electron chi connectivity index (χ3n) is 1.65. The van der Waals surface area contributed by atoms with Gasteiger partial charge in [-0.25, -0.2) is 4.39 Å². The highest BCUT2D eigenvalue weighted by molar-refractivity contribution is 4.82. The molecular weight excluding hydrogens is 155 g/mol. The number of hydrogen-bond acceptors (Lipinski definition) is 4. The van der Waals surface area contributed by atoms with Gasteiger partial charge in [0, 0.05) is 7.11 Å². The molecule has 0 aromatic heterocycles. The fourth-order valence-electron chi connectivity index (χ4n) is 0.966. The van der Waals surface area contributed by atoms with Crippen LogP contribution in [0, 0.1) is 0 Å². The van der Waals surface area contributed by atoms with Crippen molar-refractivity contribution < 1.29 is 24.1 Å². The van der Waals surface area contributed by atoms with Crippen LogP contribution in [0.2, 0.25) is 0 Å². The number of rotatable bonds is 1. The minimum Gasteiger partial charge on any atom is -0.387 e. The molecule has 1 aliphatic heterocycles. The third-order valence-corrected chi connectivity index (χ3v) is 1.65. The summed E-state index contributed by atoms with van der Waals surface area (Å²) in [5.41, 5.74) is 0. The second kappa shape index (κ2) is 3.44. The first-order chi connectivity index (χ1) is 5.16. The van der Waals surface area contributed by atoms with E-state index in [1.165, 1.54) is 7.11 Å². The Morgan fingerprint density at radius 1 is 1.45 bits per heavy atom. The lowest BCUT2D eigenvalue weighted by molar-refractivity contribution is -0.251. The Hall–Kier alpha value is -0.230. The molecule has 0 spiro atoms. The molecule has 1 aliphatic rings. The maximum atomic E-state index is 12.5. The second-order valence-corrected chi connectivity index (χ2v) is 2.43. The van der Waals surface area contributed by atoms with Crippen molar-refractivity contribution in [3.8, 4) is 0 Å². The lowest BCUT2D eigenvalue weighted by atomic mass is 10.1. The number of aliphatic hydroxyl groups excluding tert-OH is 2. The Morgan fingerprint density at radius 3 is 2.64 bits per heavy atom. The molecule has 1 saturated heterocycles. The maximum absolute atomic E-state index is 12.5. The highest BCUT2D eigenvalue weighted by Crippen LogP contribution is 2.17. The average molecular weight is 166 g/mol. The van der Waals surface area contributed by atoms with Crippen LogP contribution in [0.5, 0.6) is 0 Å². The number of halogens is 1. The predicted molar refractivity (Wildman–Crippen MR) is 33.7 cm³/mol. The fourth-order valence-corrected chi connectivity index (χ4v) is 0.966. The molecule has 0 aromatic carbocycles. The molecule has 1 fully saturated rings. The van der Waals surface area contributed by atoms with Gasteiger partial charge in [-0.15, -0.1) is 0 Å². The highest BCUT2D eigenvalue weighted by Gasteiger charge is 2.38. The Balaban J connectivity index is 2.52. The number of ether oxygens (including phenoxy) is 2. The number of methoxy groups -OCH3 is 1. The smallest absolute Gasteiger partial charge is 0.185 e. The summed E-state index contributed by atoms with van der Waals surface area (Å²) in [5, 5.41) is 18.0. The van der Waals surface area contributed by atoms with Gasteiger partial charge in [0.15, 0.2) is 12.5 Å². The molecule has 0 bridgehead atoms. The molecule has 0 aromatic rings. The molecule has 2 N–H and O–H groups in total. The Bertz CT molecular complexity index is 130. The van der Waals surface area contributed by atoms with Gasteiger partial charge in [-0.1, -0.05) is 0 Å². The Kier molecular flexibility index (Phi) is 2.78. The van der Waals surface area contributed by atoms with E-state index in [1.54, 1.807) is 0 Å². The summed E-state index contributed by atoms with van der Waals surface area (Å²) in [4.78, 5) is 0. The summed E-state index contributed by atoms with van der Waals surface area (Å²) in [6.45, 7) is -0.239. The average Bonchev–Trinajstić information content (AvgIpc) is 2.01. The topological polar surface area (TPSA) is 58.9 Å². The van der Waals surface area contributed by atoms with Crippen LogP contribution in [-0.4, -0.2) is 48.6 Å². The first kappa shape index (κ1) is 8.86. The van der Waals surface area contributed by atoms with Crippen LogP contribution < -0.4 is 0 Å². The van der Waals surface area contributed by atoms with Crippen molar-refractivity contribution in [1.82, 2.24) is 0 Å². The van der Waals surface area contributed by atoms with E-state index in [0.717, 1.165) is 0 Å². The van der Waals surface area contributed by atoms with Crippen molar-refractivity contribution in [1.29, 1.82) is 0 Å². The van der Waals surface area contributed by atoms with E-state index in [2.05, 4.69) is 4.74 Å². The largest absolute Gasteiger partial charge is 0.387 e. The van der Waals surface area contributed by atoms with Crippen LogP contribution in [0.4, 0.5) is 4.39 Å². The molecule has 0 unspecified atom stereocenters. The molecular formula is C6H11FO4. The molecule has 4 nitrogen and oxygen atoms in total. The molecule has 1 rings (SSSR count). The normalized spacial score (nSPS) is 45.8. The van der Waals surface area contributed by atoms with Crippen molar-refractivity contribution in [2.24, 2.45) is 0 Å². The zero-order valence-corrected chi connectivity index (χ0v) is 6.11. The monoisotopic (exact) mass is 166 g/mol. The van der Waals surface area contributed by atoms with Gasteiger partial charge in [0.05, 0.1) is 6.61 Å². The summed E-state index contributed by atoms with van der Waals surface area (Å²) in [7, 11) is 1.32. The third kappa shape index (κ3) is 1.67. The van der Waals surface area contributed by atoms with Crippen molar-refractivity contribution in [2.45, 2.75) is 24.7 Å². The molecule has 1 heterocycles. The van der Waals surface area contributed by atoms with Crippen LogP contribution in [0.15, 0.2) is 0 Å². The Labute approximate surface area is 63.5 Å². The summed E-state index contributed by atoms with van der Waals surface area (Å²) in [6.07, 6.45) is -5.16. The second-order valence-electron chi connectivity index (χ2n) is 2.43. The first-order valence-electron chi connectivity index (χ1n) is 3.31. The van der Waals surface area contributed by atoms with E-state index in [9.17, 15) is 4.39 Å². The Morgan fingerprint density at radius 2 is 2.09 bits per heavy atom. The van der Waals surface area contributed by atoms with Gasteiger partial charge >= 0.3 is 0 Å². The van der Waals surface area contributed by atoms with Gasteiger partial charge in [0.2, 0.25) is 0 Å². The minimum atomic E-state index is -1.53. The van der Waals surface area contributed by atoms with E-state index in [4.69, 9.17) is 14.9 Å². The van der Waals surface area contributed by atoms with Crippen molar-refractivity contribution in [3.05, 3.63) is 0 Å². The van der Waals surface area contributed by atoms with Crippen LogP contribution in [-0.2, 0) is 9.47 Å². The van der Waals surface area contributed by atoms with E-state index in [0.29, 0.717) is 0 Å². The quantitative estimate of drug-likeness (QED) is 0.527. The van der Waals surface area contributed by atoms with E-state index in [1.807, 2.05) is 0 Å². The lowest BCUT2D eigenvalue weighted by Gasteiger charge is -2.32. The van der Waals surface area contributed by atoms with E-state index >= 15 is 0 Å². The van der Waals surface area contributed by atoms with Crippen molar-refractivity contribution >= 4 is 0 Å². The summed E-state index contributed by atoms with van der Waals surface area (Å²) >= 11 is 0. The lowest BCUT2D eigenvalue weighted by Crippen LogP contribution is -2.51. The zero-order chi connectivity index (χ0) is 8.43. The predicted octanol–water partition coefficient (Wildman–Crippen LogP) is -0.951. The molecule has 66 valence electrons. The molecule has 5 heteroatoms. The van der Waals surface area contributed by atoms with Crippen LogP contribution in [0.3, 0.4) is 0 Å². The van der Waals surface area contributed by atoms with E-state index < -0.39 is 24.7 Å². The van der Waals surface area contributed by atoms with Crippen LogP contribution in [0.1, 0.15) is 0 Å². The number of aliphatic hydroxyl groups is 2. The molecule has 0 radical (unpaired) electrons. The summed E-state index contributed by atoms with van der Waals surface area (Å²) in [6, 6.07) is 0. The molecule has 0 amide bonds. The molecule has 4 atom stereocenters. The highest BCUT2D eigenvalue weighted by atomic mass is 19.1. The van der Waals surface area contributed by atoms with Crippen LogP contribution >= 0.6 is 0 Å². The van der Waals surface area contributed by atoms with Crippen molar-refractivity contribution in [3.63, 3.8) is 0 Å². The summed E-state index contributed by atoms with van der Waals surface area (Å²) < 4.78 is 21.9. The van der Waals surface area contributed by atoms with Gasteiger partial charge in [0.25, 0.3) is 0 Å². The number of hydrogen-bond donors (Lipinski definition) is 2. The van der Waals surface area contributed by atoms with E-state index in [-0.39, 0.29) is 6.61 Å². The number of alkyl halides is 1. The van der Waals surface area contributed by atoms with Gasteiger partial charge in [-0.05, 0) is 0 Å². The van der Waals surface area contributed by atoms with Gasteiger partial charge in [0.1, 0.15) is 12.2 Å².